The monoisotopic (exact) mass is 502 g/mol. The second-order valence-corrected chi connectivity index (χ2v) is 11.0. The summed E-state index contributed by atoms with van der Waals surface area (Å²) in [5, 5.41) is 6.72. The zero-order valence-corrected chi connectivity index (χ0v) is 20.3. The van der Waals surface area contributed by atoms with Gasteiger partial charge in [-0.1, -0.05) is 18.2 Å². The fourth-order valence-electron chi connectivity index (χ4n) is 4.50. The molecule has 0 saturated carbocycles. The average molecular weight is 503 g/mol. The lowest BCUT2D eigenvalue weighted by Crippen LogP contribution is -2.60. The molecule has 1 aromatic carbocycles. The van der Waals surface area contributed by atoms with Crippen LogP contribution in [0, 0.1) is 11.7 Å². The van der Waals surface area contributed by atoms with Crippen LogP contribution in [0.15, 0.2) is 48.2 Å². The summed E-state index contributed by atoms with van der Waals surface area (Å²) >= 11 is 3.16. The Labute approximate surface area is 204 Å². The van der Waals surface area contributed by atoms with Crippen molar-refractivity contribution >= 4 is 35.0 Å². The molecule has 2 aliphatic rings. The van der Waals surface area contributed by atoms with Gasteiger partial charge < -0.3 is 10.2 Å². The van der Waals surface area contributed by atoms with Crippen molar-refractivity contribution < 1.29 is 13.6 Å². The first-order valence-electron chi connectivity index (χ1n) is 10.9. The predicted octanol–water partition coefficient (Wildman–Crippen LogP) is 3.66. The maximum absolute atomic E-state index is 14.5. The molecule has 2 fully saturated rings. The zero-order valence-electron chi connectivity index (χ0n) is 18.7. The van der Waals surface area contributed by atoms with Gasteiger partial charge in [-0.2, -0.15) is 0 Å². The van der Waals surface area contributed by atoms with Crippen LogP contribution in [-0.2, 0) is 11.2 Å². The highest BCUT2D eigenvalue weighted by molar-refractivity contribution is 7.99. The number of aromatic nitrogens is 3. The number of halogens is 2. The third-order valence-electron chi connectivity index (χ3n) is 6.18. The van der Waals surface area contributed by atoms with E-state index in [1.54, 1.807) is 29.4 Å². The number of nitrogens with zero attached hydrogens (tertiary/aromatic N) is 4. The molecule has 3 atom stereocenters. The van der Waals surface area contributed by atoms with E-state index in [2.05, 4.69) is 25.6 Å². The van der Waals surface area contributed by atoms with Crippen molar-refractivity contribution in [1.29, 1.82) is 0 Å². The lowest BCUT2D eigenvalue weighted by atomic mass is 9.87. The lowest BCUT2D eigenvalue weighted by molar-refractivity contribution is 0.0934. The Balaban J connectivity index is 1.42. The van der Waals surface area contributed by atoms with Gasteiger partial charge in [0.25, 0.3) is 5.91 Å². The van der Waals surface area contributed by atoms with E-state index in [4.69, 9.17) is 0 Å². The number of fused-ring (bicyclic) bond motifs is 1. The molecule has 34 heavy (non-hydrogen) atoms. The number of thioether (sulfide) groups is 1. The molecule has 2 aliphatic heterocycles. The number of alkyl halides is 1. The second-order valence-electron chi connectivity index (χ2n) is 8.95. The predicted molar refractivity (Wildman–Crippen MR) is 129 cm³/mol. The minimum atomic E-state index is -1.93. The third kappa shape index (κ3) is 4.27. The highest BCUT2D eigenvalue weighted by atomic mass is 32.2. The van der Waals surface area contributed by atoms with Crippen molar-refractivity contribution in [3.05, 3.63) is 70.2 Å². The van der Waals surface area contributed by atoms with Gasteiger partial charge in [0, 0.05) is 41.4 Å². The molecule has 4 heterocycles. The molecule has 178 valence electrons. The molecule has 2 saturated heterocycles. The molecule has 0 aliphatic carbocycles. The highest BCUT2D eigenvalue weighted by Gasteiger charge is 2.53. The molecule has 0 radical (unpaired) electrons. The van der Waals surface area contributed by atoms with Gasteiger partial charge in [0.2, 0.25) is 5.95 Å². The Bertz CT molecular complexity index is 1170. The maximum atomic E-state index is 14.5. The normalized spacial score (nSPS) is 24.6. The van der Waals surface area contributed by atoms with Crippen molar-refractivity contribution in [2.45, 2.75) is 30.6 Å². The van der Waals surface area contributed by atoms with Crippen LogP contribution in [-0.4, -0.2) is 45.2 Å². The fourth-order valence-corrected chi connectivity index (χ4v) is 6.65. The van der Waals surface area contributed by atoms with E-state index in [1.165, 1.54) is 25.2 Å². The average Bonchev–Trinajstić information content (AvgIpc) is 3.48. The first-order chi connectivity index (χ1) is 16.3. The van der Waals surface area contributed by atoms with Gasteiger partial charge in [-0.05, 0) is 26.0 Å². The van der Waals surface area contributed by atoms with E-state index < -0.39 is 17.0 Å². The Kier molecular flexibility index (Phi) is 6.03. The van der Waals surface area contributed by atoms with E-state index in [0.29, 0.717) is 18.7 Å². The lowest BCUT2D eigenvalue weighted by Gasteiger charge is -2.42. The molecular formula is C23H24F2N6OS2. The standard InChI is InChI=1S/C23H24F2N6OS2/c1-22(2,25)18-16(24)8-27-20(28-18)31-10-15-11-33-21(29-19(32)14-6-4-3-5-7-14)30-23(15,12-31)17-9-26-13-34-17/h3-9,13,15,21,30H,10-12H2,1-2H3,(H,29,32)/t15-,21?,23-/m0/s1. The van der Waals surface area contributed by atoms with Gasteiger partial charge in [0.15, 0.2) is 5.82 Å². The summed E-state index contributed by atoms with van der Waals surface area (Å²) in [6, 6.07) is 9.08. The Morgan fingerprint density at radius 3 is 2.79 bits per heavy atom. The van der Waals surface area contributed by atoms with Crippen LogP contribution >= 0.6 is 23.1 Å². The molecule has 3 aromatic rings. The third-order valence-corrected chi connectivity index (χ3v) is 8.29. The summed E-state index contributed by atoms with van der Waals surface area (Å²) < 4.78 is 28.8. The van der Waals surface area contributed by atoms with Crippen molar-refractivity contribution in [3.8, 4) is 0 Å². The van der Waals surface area contributed by atoms with Crippen LogP contribution in [0.1, 0.15) is 34.8 Å². The number of nitrogens with one attached hydrogen (secondary N) is 2. The van der Waals surface area contributed by atoms with Gasteiger partial charge in [-0.15, -0.1) is 23.1 Å². The number of benzene rings is 1. The molecule has 5 rings (SSSR count). The minimum Gasteiger partial charge on any atom is -0.338 e. The molecule has 7 nitrogen and oxygen atoms in total. The van der Waals surface area contributed by atoms with Crippen molar-refractivity contribution in [3.63, 3.8) is 0 Å². The van der Waals surface area contributed by atoms with Crippen molar-refractivity contribution in [1.82, 2.24) is 25.6 Å². The topological polar surface area (TPSA) is 83.0 Å². The number of hydrogen-bond acceptors (Lipinski definition) is 8. The van der Waals surface area contributed by atoms with Crippen molar-refractivity contribution in [2.75, 3.05) is 23.7 Å². The maximum Gasteiger partial charge on any atom is 0.253 e. The van der Waals surface area contributed by atoms with Crippen LogP contribution in [0.4, 0.5) is 14.7 Å². The number of carbonyl (C=O) groups is 1. The smallest absolute Gasteiger partial charge is 0.253 e. The SMILES string of the molecule is CC(C)(F)c1nc(N2C[C@H]3CSC(NC(=O)c4ccccc4)N[C@@]3(c3cncs3)C2)ncc1F. The van der Waals surface area contributed by atoms with Crippen LogP contribution < -0.4 is 15.5 Å². The van der Waals surface area contributed by atoms with Crippen molar-refractivity contribution in [2.24, 2.45) is 5.92 Å². The van der Waals surface area contributed by atoms with Crippen LogP contribution in [0.3, 0.4) is 0 Å². The van der Waals surface area contributed by atoms with E-state index in [0.717, 1.165) is 16.8 Å². The number of thiazole rings is 1. The van der Waals surface area contributed by atoms with Gasteiger partial charge in [-0.3, -0.25) is 15.1 Å². The van der Waals surface area contributed by atoms with Gasteiger partial charge >= 0.3 is 0 Å². The number of rotatable bonds is 5. The zero-order chi connectivity index (χ0) is 23.9. The number of anilines is 1. The molecule has 2 N–H and O–H groups in total. The summed E-state index contributed by atoms with van der Waals surface area (Å²) in [6.45, 7) is 3.65. The summed E-state index contributed by atoms with van der Waals surface area (Å²) in [5.74, 6) is 0.289. The van der Waals surface area contributed by atoms with Crippen LogP contribution in [0.5, 0.6) is 0 Å². The van der Waals surface area contributed by atoms with E-state index in [9.17, 15) is 13.6 Å². The minimum absolute atomic E-state index is 0.151. The van der Waals surface area contributed by atoms with Crippen LogP contribution in [0.2, 0.25) is 0 Å². The summed E-state index contributed by atoms with van der Waals surface area (Å²) in [4.78, 5) is 28.5. The number of amides is 1. The molecule has 0 spiro atoms. The number of hydrogen-bond donors (Lipinski definition) is 2. The van der Waals surface area contributed by atoms with E-state index in [-0.39, 0.29) is 29.0 Å². The molecular weight excluding hydrogens is 478 g/mol. The van der Waals surface area contributed by atoms with Crippen LogP contribution in [0.25, 0.3) is 0 Å². The summed E-state index contributed by atoms with van der Waals surface area (Å²) in [5.41, 5.74) is -0.638. The van der Waals surface area contributed by atoms with Gasteiger partial charge in [-0.25, -0.2) is 18.7 Å². The molecule has 1 unspecified atom stereocenters. The Morgan fingerprint density at radius 1 is 1.29 bits per heavy atom. The Morgan fingerprint density at radius 2 is 2.09 bits per heavy atom. The summed E-state index contributed by atoms with van der Waals surface area (Å²) in [7, 11) is 0. The quantitative estimate of drug-likeness (QED) is 0.551. The largest absolute Gasteiger partial charge is 0.338 e. The van der Waals surface area contributed by atoms with E-state index in [1.807, 2.05) is 29.3 Å². The first kappa shape index (κ1) is 23.1. The highest BCUT2D eigenvalue weighted by Crippen LogP contribution is 2.45. The molecule has 0 bridgehead atoms. The number of carbonyl (C=O) groups excluding carboxylic acids is 1. The first-order valence-corrected chi connectivity index (χ1v) is 12.8. The van der Waals surface area contributed by atoms with E-state index >= 15 is 0 Å². The molecule has 1 amide bonds. The van der Waals surface area contributed by atoms with Gasteiger partial charge in [0.1, 0.15) is 16.9 Å². The summed E-state index contributed by atoms with van der Waals surface area (Å²) in [6.07, 6.45) is 2.87. The Hall–Kier alpha value is -2.63. The second kappa shape index (κ2) is 8.86. The molecule has 2 aromatic heterocycles. The van der Waals surface area contributed by atoms with Gasteiger partial charge in [0.05, 0.1) is 17.2 Å². The molecule has 11 heteroatoms. The fraction of sp³-hybridized carbons (Fsp3) is 0.391.